The number of hydrogen-bond acceptors (Lipinski definition) is 5. The van der Waals surface area contributed by atoms with Crippen LogP contribution in [0.15, 0.2) is 34.5 Å². The van der Waals surface area contributed by atoms with E-state index < -0.39 is 10.0 Å². The van der Waals surface area contributed by atoms with Gasteiger partial charge in [-0.3, -0.25) is 9.52 Å². The minimum Gasteiger partial charge on any atom is -0.493 e. The van der Waals surface area contributed by atoms with Crippen molar-refractivity contribution in [1.82, 2.24) is 4.90 Å². The van der Waals surface area contributed by atoms with Crippen LogP contribution in [0, 0.1) is 0 Å². The first-order valence-electron chi connectivity index (χ1n) is 9.67. The number of sulfonamides is 1. The number of nitrogens with one attached hydrogen (secondary N) is 1. The zero-order chi connectivity index (χ0) is 19.7. The average Bonchev–Trinajstić information content (AvgIpc) is 3.18. The Balaban J connectivity index is 1.63. The number of piperidine rings is 1. The van der Waals surface area contributed by atoms with Crippen LogP contribution in [0.2, 0.25) is 0 Å². The number of fused-ring (bicyclic) bond motifs is 2. The van der Waals surface area contributed by atoms with E-state index in [2.05, 4.69) is 4.72 Å². The van der Waals surface area contributed by atoms with Crippen molar-refractivity contribution < 1.29 is 17.9 Å². The number of anilines is 1. The fourth-order valence-corrected chi connectivity index (χ4v) is 6.16. The molecule has 1 fully saturated rings. The summed E-state index contributed by atoms with van der Waals surface area (Å²) in [5.74, 6) is 0.436. The van der Waals surface area contributed by atoms with E-state index in [1.807, 2.05) is 17.9 Å². The van der Waals surface area contributed by atoms with Gasteiger partial charge in [-0.1, -0.05) is 6.92 Å². The summed E-state index contributed by atoms with van der Waals surface area (Å²) in [5.41, 5.74) is 0.795. The van der Waals surface area contributed by atoms with Crippen LogP contribution in [0.25, 0.3) is 0 Å². The quantitative estimate of drug-likeness (QED) is 0.814. The van der Waals surface area contributed by atoms with E-state index in [9.17, 15) is 13.2 Å². The highest BCUT2D eigenvalue weighted by molar-refractivity contribution is 7.94. The maximum atomic E-state index is 13.1. The molecule has 1 aromatic heterocycles. The zero-order valence-corrected chi connectivity index (χ0v) is 17.4. The second-order valence-corrected chi connectivity index (χ2v) is 10.3. The first-order valence-corrected chi connectivity index (χ1v) is 12.0. The van der Waals surface area contributed by atoms with Gasteiger partial charge in [0, 0.05) is 29.6 Å². The molecule has 0 saturated carbocycles. The van der Waals surface area contributed by atoms with Crippen LogP contribution in [0.1, 0.15) is 47.8 Å². The van der Waals surface area contributed by atoms with Gasteiger partial charge >= 0.3 is 0 Å². The number of amides is 1. The van der Waals surface area contributed by atoms with Gasteiger partial charge in [0.1, 0.15) is 9.96 Å². The predicted octanol–water partition coefficient (Wildman–Crippen LogP) is 3.89. The molecule has 0 spiro atoms. The van der Waals surface area contributed by atoms with E-state index >= 15 is 0 Å². The Labute approximate surface area is 169 Å². The molecule has 0 bridgehead atoms. The SMILES string of the molecule is CCc1ccc(S(=O)(=O)Nc2ccc3c(c2)C(=O)N2CCCCC2CCO3)s1. The van der Waals surface area contributed by atoms with Crippen LogP contribution >= 0.6 is 11.3 Å². The van der Waals surface area contributed by atoms with Crippen molar-refractivity contribution in [1.29, 1.82) is 0 Å². The van der Waals surface area contributed by atoms with Crippen molar-refractivity contribution in [3.05, 3.63) is 40.8 Å². The average molecular weight is 421 g/mol. The summed E-state index contributed by atoms with van der Waals surface area (Å²) < 4.78 is 34.1. The molecule has 1 aromatic carbocycles. The number of benzene rings is 1. The van der Waals surface area contributed by atoms with E-state index in [0.29, 0.717) is 23.6 Å². The third-order valence-corrected chi connectivity index (χ3v) is 8.41. The molecule has 1 N–H and O–H groups in total. The molecule has 2 aliphatic rings. The van der Waals surface area contributed by atoms with Gasteiger partial charge in [0.15, 0.2) is 0 Å². The summed E-state index contributed by atoms with van der Waals surface area (Å²) in [6.45, 7) is 3.29. The molecule has 6 nitrogen and oxygen atoms in total. The molecular formula is C20H24N2O4S2. The molecule has 1 saturated heterocycles. The number of carbonyl (C=O) groups is 1. The molecule has 1 unspecified atom stereocenters. The lowest BCUT2D eigenvalue weighted by Gasteiger charge is -2.37. The van der Waals surface area contributed by atoms with Crippen molar-refractivity contribution in [3.63, 3.8) is 0 Å². The highest BCUT2D eigenvalue weighted by Gasteiger charge is 2.31. The Kier molecular flexibility index (Phi) is 5.33. The van der Waals surface area contributed by atoms with Crippen molar-refractivity contribution in [2.45, 2.75) is 49.3 Å². The summed E-state index contributed by atoms with van der Waals surface area (Å²) in [7, 11) is -3.68. The number of rotatable bonds is 4. The summed E-state index contributed by atoms with van der Waals surface area (Å²) in [6, 6.07) is 8.57. The van der Waals surface area contributed by atoms with Crippen molar-refractivity contribution in [3.8, 4) is 5.75 Å². The van der Waals surface area contributed by atoms with Crippen molar-refractivity contribution in [2.24, 2.45) is 0 Å². The molecule has 8 heteroatoms. The Hall–Kier alpha value is -2.06. The van der Waals surface area contributed by atoms with Gasteiger partial charge in [0.05, 0.1) is 12.2 Å². The molecule has 4 rings (SSSR count). The summed E-state index contributed by atoms with van der Waals surface area (Å²) in [6.07, 6.45) is 4.75. The minimum absolute atomic E-state index is 0.0789. The highest BCUT2D eigenvalue weighted by atomic mass is 32.2. The molecule has 150 valence electrons. The number of nitrogens with zero attached hydrogens (tertiary/aromatic N) is 1. The van der Waals surface area contributed by atoms with Crippen LogP contribution < -0.4 is 9.46 Å². The third-order valence-electron chi connectivity index (χ3n) is 5.31. The van der Waals surface area contributed by atoms with E-state index in [4.69, 9.17) is 4.74 Å². The topological polar surface area (TPSA) is 75.7 Å². The molecule has 2 aliphatic heterocycles. The maximum absolute atomic E-state index is 13.1. The molecule has 1 amide bonds. The molecule has 3 heterocycles. The predicted molar refractivity (Wildman–Crippen MR) is 110 cm³/mol. The van der Waals surface area contributed by atoms with Crippen LogP contribution in [-0.4, -0.2) is 38.4 Å². The van der Waals surface area contributed by atoms with Crippen LogP contribution in [-0.2, 0) is 16.4 Å². The lowest BCUT2D eigenvalue weighted by Crippen LogP contribution is -2.45. The normalized spacial score (nSPS) is 19.8. The van der Waals surface area contributed by atoms with Gasteiger partial charge in [-0.2, -0.15) is 0 Å². The van der Waals surface area contributed by atoms with Gasteiger partial charge in [-0.15, -0.1) is 11.3 Å². The Bertz CT molecular complexity index is 984. The first kappa shape index (κ1) is 19.3. The molecule has 2 aromatic rings. The van der Waals surface area contributed by atoms with E-state index in [1.165, 1.54) is 11.3 Å². The van der Waals surface area contributed by atoms with Gasteiger partial charge in [-0.05, 0) is 56.0 Å². The Morgan fingerprint density at radius 1 is 1.21 bits per heavy atom. The third kappa shape index (κ3) is 3.75. The fraction of sp³-hybridized carbons (Fsp3) is 0.450. The Morgan fingerprint density at radius 3 is 2.86 bits per heavy atom. The lowest BCUT2D eigenvalue weighted by molar-refractivity contribution is 0.0548. The van der Waals surface area contributed by atoms with Crippen LogP contribution in [0.5, 0.6) is 5.75 Å². The monoisotopic (exact) mass is 420 g/mol. The van der Waals surface area contributed by atoms with Gasteiger partial charge in [-0.25, -0.2) is 8.42 Å². The molecular weight excluding hydrogens is 396 g/mol. The first-order chi connectivity index (χ1) is 13.5. The second kappa shape index (κ2) is 7.75. The van der Waals surface area contributed by atoms with E-state index in [-0.39, 0.29) is 16.2 Å². The minimum atomic E-state index is -3.68. The van der Waals surface area contributed by atoms with Gasteiger partial charge < -0.3 is 9.64 Å². The molecule has 0 aliphatic carbocycles. The Morgan fingerprint density at radius 2 is 2.07 bits per heavy atom. The van der Waals surface area contributed by atoms with E-state index in [0.717, 1.165) is 43.5 Å². The standard InChI is InChI=1S/C20H24N2O4S2/c1-2-16-7-9-19(27-16)28(24,25)21-14-6-8-18-17(13-14)20(23)22-11-4-3-5-15(22)10-12-26-18/h6-9,13,15,21H,2-5,10-12H2,1H3. The molecule has 1 atom stereocenters. The number of thiophene rings is 1. The lowest BCUT2D eigenvalue weighted by atomic mass is 9.97. The maximum Gasteiger partial charge on any atom is 0.271 e. The van der Waals surface area contributed by atoms with Gasteiger partial charge in [0.25, 0.3) is 15.9 Å². The number of hydrogen-bond donors (Lipinski definition) is 1. The van der Waals surface area contributed by atoms with Crippen LogP contribution in [0.3, 0.4) is 0 Å². The van der Waals surface area contributed by atoms with E-state index in [1.54, 1.807) is 24.3 Å². The second-order valence-electron chi connectivity index (χ2n) is 7.18. The zero-order valence-electron chi connectivity index (χ0n) is 15.8. The number of aryl methyl sites for hydroxylation is 1. The fourth-order valence-electron chi connectivity index (χ4n) is 3.81. The smallest absolute Gasteiger partial charge is 0.271 e. The van der Waals surface area contributed by atoms with Crippen LogP contribution in [0.4, 0.5) is 5.69 Å². The highest BCUT2D eigenvalue weighted by Crippen LogP contribution is 2.32. The summed E-state index contributed by atoms with van der Waals surface area (Å²) in [5, 5.41) is 0. The number of carbonyl (C=O) groups excluding carboxylic acids is 1. The molecule has 28 heavy (non-hydrogen) atoms. The summed E-state index contributed by atoms with van der Waals surface area (Å²) >= 11 is 1.26. The summed E-state index contributed by atoms with van der Waals surface area (Å²) in [4.78, 5) is 16.1. The van der Waals surface area contributed by atoms with Gasteiger partial charge in [0.2, 0.25) is 0 Å². The largest absolute Gasteiger partial charge is 0.493 e. The molecule has 0 radical (unpaired) electrons. The van der Waals surface area contributed by atoms with Crippen molar-refractivity contribution in [2.75, 3.05) is 17.9 Å². The number of ether oxygens (including phenoxy) is 1. The van der Waals surface area contributed by atoms with Crippen molar-refractivity contribution >= 4 is 33.0 Å².